The molecule has 0 radical (unpaired) electrons. The zero-order valence-corrected chi connectivity index (χ0v) is 14.7. The Morgan fingerprint density at radius 2 is 1.70 bits per heavy atom. The Bertz CT molecular complexity index is 661. The predicted molar refractivity (Wildman–Crippen MR) is 90.6 cm³/mol. The van der Waals surface area contributed by atoms with Crippen LogP contribution in [0.15, 0.2) is 18.2 Å². The van der Waals surface area contributed by atoms with Crippen molar-refractivity contribution in [3.63, 3.8) is 0 Å². The maximum atomic E-state index is 10.7. The Morgan fingerprint density at radius 1 is 1.11 bits per heavy atom. The summed E-state index contributed by atoms with van der Waals surface area (Å²) in [6, 6.07) is 2.95. The van der Waals surface area contributed by atoms with E-state index in [0.29, 0.717) is 5.56 Å². The number of carboxylic acid groups (broad SMARTS) is 1. The quantitative estimate of drug-likeness (QED) is 0.289. The molecule has 0 saturated carbocycles. The molecule has 0 unspecified atom stereocenters. The van der Waals surface area contributed by atoms with Crippen molar-refractivity contribution < 1.29 is 49.3 Å². The number of carboxylic acids is 1. The van der Waals surface area contributed by atoms with Crippen molar-refractivity contribution in [1.82, 2.24) is 0 Å². The summed E-state index contributed by atoms with van der Waals surface area (Å²) in [5, 5.41) is 47.8. The topological polar surface area (TPSA) is 155 Å². The maximum absolute atomic E-state index is 10.7. The molecule has 10 nitrogen and oxygen atoms in total. The van der Waals surface area contributed by atoms with Gasteiger partial charge in [0.25, 0.3) is 0 Å². The van der Waals surface area contributed by atoms with Crippen LogP contribution < -0.4 is 14.2 Å². The van der Waals surface area contributed by atoms with Crippen molar-refractivity contribution in [3.05, 3.63) is 23.8 Å². The fourth-order valence-electron chi connectivity index (χ4n) is 2.56. The highest BCUT2D eigenvalue weighted by atomic mass is 16.7. The summed E-state index contributed by atoms with van der Waals surface area (Å²) in [4.78, 5) is 10.7. The van der Waals surface area contributed by atoms with Crippen molar-refractivity contribution in [2.75, 3.05) is 20.8 Å². The fourth-order valence-corrected chi connectivity index (χ4v) is 2.56. The zero-order valence-electron chi connectivity index (χ0n) is 14.7. The first kappa shape index (κ1) is 20.9. The summed E-state index contributed by atoms with van der Waals surface area (Å²) >= 11 is 0. The lowest BCUT2D eigenvalue weighted by Gasteiger charge is -2.39. The van der Waals surface area contributed by atoms with E-state index in [0.717, 1.165) is 6.08 Å². The molecule has 1 fully saturated rings. The summed E-state index contributed by atoms with van der Waals surface area (Å²) in [6.45, 7) is -0.599. The van der Waals surface area contributed by atoms with E-state index in [4.69, 9.17) is 24.1 Å². The summed E-state index contributed by atoms with van der Waals surface area (Å²) in [5.41, 5.74) is 0.451. The monoisotopic (exact) mass is 388 g/mol. The normalized spacial score (nSPS) is 28.1. The van der Waals surface area contributed by atoms with Gasteiger partial charge in [0, 0.05) is 6.08 Å². The summed E-state index contributed by atoms with van der Waals surface area (Å²) < 4.78 is 21.4. The Balaban J connectivity index is 2.35. The fraction of sp³-hybridized carbons (Fsp3) is 0.471. The number of benzene rings is 1. The Labute approximate surface area is 154 Å². The van der Waals surface area contributed by atoms with Crippen LogP contribution >= 0.6 is 0 Å². The van der Waals surface area contributed by atoms with Crippen LogP contribution in [0, 0.1) is 0 Å². The summed E-state index contributed by atoms with van der Waals surface area (Å²) in [7, 11) is 2.69. The van der Waals surface area contributed by atoms with Gasteiger partial charge in [-0.25, -0.2) is 4.79 Å². The van der Waals surface area contributed by atoms with Crippen LogP contribution in [0.3, 0.4) is 0 Å². The maximum Gasteiger partial charge on any atom is 0.328 e. The van der Waals surface area contributed by atoms with Gasteiger partial charge in [-0.1, -0.05) is 0 Å². The molecule has 10 heteroatoms. The molecule has 1 aromatic rings. The molecule has 150 valence electrons. The highest BCUT2D eigenvalue weighted by molar-refractivity contribution is 5.85. The number of aliphatic hydroxyl groups is 4. The minimum Gasteiger partial charge on any atom is -0.493 e. The van der Waals surface area contributed by atoms with Gasteiger partial charge >= 0.3 is 5.97 Å². The van der Waals surface area contributed by atoms with Crippen molar-refractivity contribution in [2.24, 2.45) is 0 Å². The second-order valence-corrected chi connectivity index (χ2v) is 5.74. The molecule has 1 saturated heterocycles. The molecule has 0 spiro atoms. The van der Waals surface area contributed by atoms with Crippen LogP contribution in [0.1, 0.15) is 5.56 Å². The van der Waals surface area contributed by atoms with Crippen LogP contribution in [0.2, 0.25) is 0 Å². The molecule has 27 heavy (non-hydrogen) atoms. The lowest BCUT2D eigenvalue weighted by Crippen LogP contribution is -2.60. The standard InChI is InChI=1S/C17H22O10/c1-24-9-5-8(3-4-12(19)20)6-10(25-2)16(9)27-17-15(23)14(22)13(21)11(7-18)26-17/h3-6,11,13-15,17-18,21-23H,7H2,1-2H3,(H,19,20)/b4-3+/t11-,13+,14+,15-,17+/m1/s1/i4+1,12+1. The number of aliphatic carboxylic acids is 1. The first-order chi connectivity index (χ1) is 12.8. The lowest BCUT2D eigenvalue weighted by atomic mass is 9.99. The first-order valence-electron chi connectivity index (χ1n) is 7.96. The van der Waals surface area contributed by atoms with E-state index in [-0.39, 0.29) is 17.2 Å². The third-order valence-electron chi connectivity index (χ3n) is 3.98. The molecule has 1 aliphatic heterocycles. The second-order valence-electron chi connectivity index (χ2n) is 5.74. The predicted octanol–water partition coefficient (Wildman–Crippen LogP) is -1.02. The van der Waals surface area contributed by atoms with Crippen LogP contribution in [0.4, 0.5) is 0 Å². The van der Waals surface area contributed by atoms with Crippen LogP contribution in [0.5, 0.6) is 17.2 Å². The Morgan fingerprint density at radius 3 is 2.19 bits per heavy atom. The number of aliphatic hydroxyl groups excluding tert-OH is 4. The minimum absolute atomic E-state index is 0.0248. The van der Waals surface area contributed by atoms with E-state index >= 15 is 0 Å². The molecule has 1 aliphatic rings. The Kier molecular flexibility index (Phi) is 6.99. The minimum atomic E-state index is -1.61. The zero-order chi connectivity index (χ0) is 20.1. The van der Waals surface area contributed by atoms with Gasteiger partial charge in [-0.3, -0.25) is 0 Å². The van der Waals surface area contributed by atoms with Gasteiger partial charge in [0.15, 0.2) is 11.5 Å². The number of hydrogen-bond donors (Lipinski definition) is 5. The molecular weight excluding hydrogens is 366 g/mol. The molecule has 0 amide bonds. The van der Waals surface area contributed by atoms with Gasteiger partial charge in [-0.15, -0.1) is 0 Å². The first-order valence-corrected chi connectivity index (χ1v) is 7.96. The number of rotatable bonds is 7. The smallest absolute Gasteiger partial charge is 0.328 e. The van der Waals surface area contributed by atoms with Crippen molar-refractivity contribution in [2.45, 2.75) is 30.7 Å². The molecule has 0 bridgehead atoms. The van der Waals surface area contributed by atoms with Crippen LogP contribution in [-0.4, -0.2) is 83.0 Å². The SMILES string of the molecule is COc1cc(/C=[13CH]/[13C](=O)O)cc(OC)c1O[C@@H]1O[C@H](CO)[C@H](O)[C@H](O)[C@H]1O. The van der Waals surface area contributed by atoms with E-state index in [1.807, 2.05) is 0 Å². The molecule has 5 N–H and O–H groups in total. The van der Waals surface area contributed by atoms with Gasteiger partial charge in [0.05, 0.1) is 20.8 Å². The number of ether oxygens (including phenoxy) is 4. The van der Waals surface area contributed by atoms with E-state index in [2.05, 4.69) is 0 Å². The molecule has 1 heterocycles. The Hall–Kier alpha value is -2.37. The van der Waals surface area contributed by atoms with Crippen molar-refractivity contribution >= 4 is 12.0 Å². The van der Waals surface area contributed by atoms with Gasteiger partial charge in [-0.05, 0) is 23.8 Å². The van der Waals surface area contributed by atoms with Crippen LogP contribution in [0.25, 0.3) is 6.08 Å². The van der Waals surface area contributed by atoms with Gasteiger partial charge in [0.1, 0.15) is 24.4 Å². The average molecular weight is 388 g/mol. The third-order valence-corrected chi connectivity index (χ3v) is 3.98. The van der Waals surface area contributed by atoms with E-state index in [9.17, 15) is 25.2 Å². The van der Waals surface area contributed by atoms with Crippen molar-refractivity contribution in [3.8, 4) is 17.2 Å². The van der Waals surface area contributed by atoms with Crippen LogP contribution in [-0.2, 0) is 9.53 Å². The highest BCUT2D eigenvalue weighted by Gasteiger charge is 2.45. The van der Waals surface area contributed by atoms with E-state index in [1.165, 1.54) is 32.4 Å². The second kappa shape index (κ2) is 9.02. The lowest BCUT2D eigenvalue weighted by molar-refractivity contribution is -0.277. The molecule has 0 aromatic heterocycles. The molecule has 2 rings (SSSR count). The van der Waals surface area contributed by atoms with Gasteiger partial charge in [0.2, 0.25) is 12.0 Å². The summed E-state index contributed by atoms with van der Waals surface area (Å²) in [6.07, 6.45) is -5.03. The van der Waals surface area contributed by atoms with Gasteiger partial charge < -0.3 is 44.5 Å². The number of methoxy groups -OCH3 is 2. The summed E-state index contributed by atoms with van der Waals surface area (Å²) in [5.74, 6) is -0.806. The molecule has 0 aliphatic carbocycles. The average Bonchev–Trinajstić information content (AvgIpc) is 2.66. The largest absolute Gasteiger partial charge is 0.493 e. The number of hydrogen-bond acceptors (Lipinski definition) is 9. The molecular formula is C17H22O10. The molecule has 1 aromatic carbocycles. The highest BCUT2D eigenvalue weighted by Crippen LogP contribution is 2.40. The van der Waals surface area contributed by atoms with Gasteiger partial charge in [-0.2, -0.15) is 0 Å². The molecule has 5 atom stereocenters. The number of carbonyl (C=O) groups is 1. The third kappa shape index (κ3) is 4.67. The van der Waals surface area contributed by atoms with E-state index in [1.54, 1.807) is 0 Å². The van der Waals surface area contributed by atoms with E-state index < -0.39 is 43.3 Å². The van der Waals surface area contributed by atoms with Crippen molar-refractivity contribution in [1.29, 1.82) is 0 Å².